The maximum absolute atomic E-state index is 5.93. The monoisotopic (exact) mass is 265 g/mol. The molecule has 5 heteroatoms. The van der Waals surface area contributed by atoms with E-state index in [1.54, 1.807) is 13.3 Å². The van der Waals surface area contributed by atoms with Crippen LogP contribution in [0, 0.1) is 0 Å². The highest BCUT2D eigenvalue weighted by Gasteiger charge is 2.04. The summed E-state index contributed by atoms with van der Waals surface area (Å²) in [6, 6.07) is 8.12. The minimum Gasteiger partial charge on any atom is -0.380 e. The fraction of sp³-hybridized carbons (Fsp3) is 0.308. The Morgan fingerprint density at radius 2 is 2.28 bits per heavy atom. The van der Waals surface area contributed by atoms with Gasteiger partial charge in [-0.25, -0.2) is 4.98 Å². The van der Waals surface area contributed by atoms with E-state index in [0.29, 0.717) is 18.3 Å². The van der Waals surface area contributed by atoms with Crippen LogP contribution >= 0.6 is 11.6 Å². The standard InChI is InChI=1S/C13H16ClN3O/c1-17-12(14)7-16-13(17)8-15-11-5-3-4-10(6-11)9-18-2/h3-7,15H,8-9H2,1-2H3. The van der Waals surface area contributed by atoms with Crippen molar-refractivity contribution in [3.05, 3.63) is 47.0 Å². The lowest BCUT2D eigenvalue weighted by atomic mass is 10.2. The predicted octanol–water partition coefficient (Wildman–Crippen LogP) is 2.83. The van der Waals surface area contributed by atoms with Crippen molar-refractivity contribution in [1.29, 1.82) is 0 Å². The molecule has 2 rings (SSSR count). The Hall–Kier alpha value is -1.52. The van der Waals surface area contributed by atoms with E-state index < -0.39 is 0 Å². The molecule has 0 saturated heterocycles. The largest absolute Gasteiger partial charge is 0.380 e. The maximum atomic E-state index is 5.93. The summed E-state index contributed by atoms with van der Waals surface area (Å²) < 4.78 is 6.96. The second-order valence-corrected chi connectivity index (χ2v) is 4.43. The summed E-state index contributed by atoms with van der Waals surface area (Å²) in [5.74, 6) is 0.900. The number of halogens is 1. The average molecular weight is 266 g/mol. The number of nitrogens with one attached hydrogen (secondary N) is 1. The van der Waals surface area contributed by atoms with Crippen molar-refractivity contribution in [2.45, 2.75) is 13.2 Å². The van der Waals surface area contributed by atoms with Crippen LogP contribution < -0.4 is 5.32 Å². The molecule has 96 valence electrons. The van der Waals surface area contributed by atoms with Gasteiger partial charge in [-0.3, -0.25) is 0 Å². The second-order valence-electron chi connectivity index (χ2n) is 4.04. The van der Waals surface area contributed by atoms with Gasteiger partial charge in [0.05, 0.1) is 19.3 Å². The first kappa shape index (κ1) is 12.9. The third kappa shape index (κ3) is 3.03. The molecule has 4 nitrogen and oxygen atoms in total. The van der Waals surface area contributed by atoms with Crippen molar-refractivity contribution >= 4 is 17.3 Å². The number of hydrogen-bond donors (Lipinski definition) is 1. The molecule has 18 heavy (non-hydrogen) atoms. The third-order valence-electron chi connectivity index (χ3n) is 2.72. The SMILES string of the molecule is COCc1cccc(NCc2ncc(Cl)n2C)c1. The van der Waals surface area contributed by atoms with Crippen LogP contribution in [0.15, 0.2) is 30.5 Å². The van der Waals surface area contributed by atoms with Crippen molar-refractivity contribution < 1.29 is 4.74 Å². The van der Waals surface area contributed by atoms with Gasteiger partial charge in [0.25, 0.3) is 0 Å². The molecule has 1 N–H and O–H groups in total. The average Bonchev–Trinajstić information content (AvgIpc) is 2.69. The Morgan fingerprint density at radius 3 is 2.94 bits per heavy atom. The van der Waals surface area contributed by atoms with Crippen molar-refractivity contribution in [2.24, 2.45) is 7.05 Å². The molecular formula is C13H16ClN3O. The van der Waals surface area contributed by atoms with E-state index in [4.69, 9.17) is 16.3 Å². The predicted molar refractivity (Wildman–Crippen MR) is 72.7 cm³/mol. The first-order chi connectivity index (χ1) is 8.70. The zero-order valence-corrected chi connectivity index (χ0v) is 11.2. The van der Waals surface area contributed by atoms with Crippen LogP contribution in [-0.2, 0) is 24.9 Å². The van der Waals surface area contributed by atoms with Gasteiger partial charge in [-0.2, -0.15) is 0 Å². The van der Waals surface area contributed by atoms with Crippen molar-refractivity contribution in [1.82, 2.24) is 9.55 Å². The molecule has 0 radical (unpaired) electrons. The molecule has 1 heterocycles. The van der Waals surface area contributed by atoms with Gasteiger partial charge < -0.3 is 14.6 Å². The lowest BCUT2D eigenvalue weighted by Gasteiger charge is -2.08. The van der Waals surface area contributed by atoms with E-state index in [9.17, 15) is 0 Å². The fourth-order valence-electron chi connectivity index (χ4n) is 1.71. The zero-order chi connectivity index (χ0) is 13.0. The van der Waals surface area contributed by atoms with E-state index in [1.807, 2.05) is 29.8 Å². The summed E-state index contributed by atoms with van der Waals surface area (Å²) in [5.41, 5.74) is 2.18. The van der Waals surface area contributed by atoms with Crippen LogP contribution in [0.25, 0.3) is 0 Å². The Labute approximate surface area is 112 Å². The van der Waals surface area contributed by atoms with Crippen LogP contribution in [-0.4, -0.2) is 16.7 Å². The highest BCUT2D eigenvalue weighted by atomic mass is 35.5. The minimum absolute atomic E-state index is 0.615. The van der Waals surface area contributed by atoms with Gasteiger partial charge in [-0.05, 0) is 17.7 Å². The summed E-state index contributed by atoms with van der Waals surface area (Å²) in [5, 5.41) is 3.96. The van der Waals surface area contributed by atoms with E-state index in [2.05, 4.69) is 16.4 Å². The smallest absolute Gasteiger partial charge is 0.128 e. The summed E-state index contributed by atoms with van der Waals surface area (Å²) in [7, 11) is 3.59. The molecule has 1 aromatic carbocycles. The summed E-state index contributed by atoms with van der Waals surface area (Å²) in [4.78, 5) is 4.23. The Kier molecular flexibility index (Phi) is 4.23. The van der Waals surface area contributed by atoms with Crippen molar-refractivity contribution in [3.63, 3.8) is 0 Å². The van der Waals surface area contributed by atoms with E-state index >= 15 is 0 Å². The summed E-state index contributed by atoms with van der Waals surface area (Å²) in [6.45, 7) is 1.25. The molecule has 0 aliphatic carbocycles. The maximum Gasteiger partial charge on any atom is 0.128 e. The molecule has 0 aliphatic rings. The minimum atomic E-state index is 0.615. The molecular weight excluding hydrogens is 250 g/mol. The van der Waals surface area contributed by atoms with Crippen LogP contribution in [0.1, 0.15) is 11.4 Å². The highest BCUT2D eigenvalue weighted by Crippen LogP contribution is 2.14. The molecule has 0 saturated carbocycles. The lowest BCUT2D eigenvalue weighted by Crippen LogP contribution is -2.06. The van der Waals surface area contributed by atoms with Gasteiger partial charge in [0.15, 0.2) is 0 Å². The quantitative estimate of drug-likeness (QED) is 0.904. The van der Waals surface area contributed by atoms with Crippen LogP contribution in [0.4, 0.5) is 5.69 Å². The number of ether oxygens (including phenoxy) is 1. The number of hydrogen-bond acceptors (Lipinski definition) is 3. The van der Waals surface area contributed by atoms with Crippen LogP contribution in [0.3, 0.4) is 0 Å². The lowest BCUT2D eigenvalue weighted by molar-refractivity contribution is 0.185. The van der Waals surface area contributed by atoms with Gasteiger partial charge in [-0.15, -0.1) is 0 Å². The van der Waals surface area contributed by atoms with Crippen LogP contribution in [0.2, 0.25) is 5.15 Å². The van der Waals surface area contributed by atoms with Gasteiger partial charge >= 0.3 is 0 Å². The molecule has 0 spiro atoms. The van der Waals surface area contributed by atoms with Gasteiger partial charge in [-0.1, -0.05) is 23.7 Å². The first-order valence-corrected chi connectivity index (χ1v) is 6.06. The summed E-state index contributed by atoms with van der Waals surface area (Å²) >= 11 is 5.93. The molecule has 0 amide bonds. The van der Waals surface area contributed by atoms with Gasteiger partial charge in [0.1, 0.15) is 11.0 Å². The Balaban J connectivity index is 2.01. The normalized spacial score (nSPS) is 10.6. The molecule has 0 aliphatic heterocycles. The molecule has 1 aromatic heterocycles. The number of imidazole rings is 1. The topological polar surface area (TPSA) is 39.1 Å². The Bertz CT molecular complexity index is 525. The number of nitrogens with zero attached hydrogens (tertiary/aromatic N) is 2. The molecule has 0 atom stereocenters. The fourth-order valence-corrected chi connectivity index (χ4v) is 1.85. The number of rotatable bonds is 5. The molecule has 2 aromatic rings. The third-order valence-corrected chi connectivity index (χ3v) is 3.07. The first-order valence-electron chi connectivity index (χ1n) is 5.68. The number of benzene rings is 1. The Morgan fingerprint density at radius 1 is 1.44 bits per heavy atom. The zero-order valence-electron chi connectivity index (χ0n) is 10.5. The number of aromatic nitrogens is 2. The molecule has 0 bridgehead atoms. The second kappa shape index (κ2) is 5.89. The van der Waals surface area contributed by atoms with Gasteiger partial charge in [0, 0.05) is 19.8 Å². The highest BCUT2D eigenvalue weighted by molar-refractivity contribution is 6.29. The molecule has 0 unspecified atom stereocenters. The van der Waals surface area contributed by atoms with E-state index in [0.717, 1.165) is 17.1 Å². The van der Waals surface area contributed by atoms with Crippen molar-refractivity contribution in [2.75, 3.05) is 12.4 Å². The van der Waals surface area contributed by atoms with Crippen molar-refractivity contribution in [3.8, 4) is 0 Å². The number of anilines is 1. The van der Waals surface area contributed by atoms with Gasteiger partial charge in [0.2, 0.25) is 0 Å². The molecule has 0 fully saturated rings. The number of methoxy groups -OCH3 is 1. The summed E-state index contributed by atoms with van der Waals surface area (Å²) in [6.07, 6.45) is 1.65. The van der Waals surface area contributed by atoms with E-state index in [1.165, 1.54) is 0 Å². The van der Waals surface area contributed by atoms with E-state index in [-0.39, 0.29) is 0 Å². The van der Waals surface area contributed by atoms with Crippen LogP contribution in [0.5, 0.6) is 0 Å².